The minimum atomic E-state index is -1.12. The summed E-state index contributed by atoms with van der Waals surface area (Å²) in [5.74, 6) is -0.315. The summed E-state index contributed by atoms with van der Waals surface area (Å²) in [4.78, 5) is 10.7. The molecule has 0 saturated heterocycles. The lowest BCUT2D eigenvalue weighted by Gasteiger charge is -2.27. The third-order valence-corrected chi connectivity index (χ3v) is 7.46. The molecule has 1 rings (SSSR count). The Kier molecular flexibility index (Phi) is 12.4. The van der Waals surface area contributed by atoms with Gasteiger partial charge in [0.2, 0.25) is 0 Å². The van der Waals surface area contributed by atoms with Crippen molar-refractivity contribution in [3.05, 3.63) is 46.1 Å². The van der Waals surface area contributed by atoms with Crippen LogP contribution in [0.25, 0.3) is 0 Å². The van der Waals surface area contributed by atoms with E-state index < -0.39 is 11.6 Å². The van der Waals surface area contributed by atoms with Crippen molar-refractivity contribution >= 4 is 5.97 Å². The van der Waals surface area contributed by atoms with Crippen LogP contribution in [0.5, 0.6) is 0 Å². The minimum Gasteiger partial charge on any atom is -0.545 e. The Morgan fingerprint density at radius 1 is 1.18 bits per heavy atom. The number of aliphatic carboxylic acids is 1. The zero-order chi connectivity index (χ0) is 25.2. The van der Waals surface area contributed by atoms with Gasteiger partial charge in [-0.05, 0) is 102 Å². The molecule has 0 aromatic heterocycles. The molecule has 4 atom stereocenters. The van der Waals surface area contributed by atoms with Gasteiger partial charge in [0.05, 0.1) is 17.7 Å². The van der Waals surface area contributed by atoms with Crippen LogP contribution < -0.4 is 5.11 Å². The molecule has 0 amide bonds. The van der Waals surface area contributed by atoms with E-state index in [0.717, 1.165) is 51.4 Å². The van der Waals surface area contributed by atoms with E-state index in [1.54, 1.807) is 13.0 Å². The molecule has 2 N–H and O–H groups in total. The summed E-state index contributed by atoms with van der Waals surface area (Å²) in [5.41, 5.74) is 4.79. The fourth-order valence-corrected chi connectivity index (χ4v) is 4.47. The molecule has 0 saturated carbocycles. The third-order valence-electron chi connectivity index (χ3n) is 7.46. The van der Waals surface area contributed by atoms with Crippen molar-refractivity contribution in [1.29, 1.82) is 0 Å². The van der Waals surface area contributed by atoms with Crippen LogP contribution in [-0.4, -0.2) is 27.9 Å². The first-order valence-corrected chi connectivity index (χ1v) is 12.7. The lowest BCUT2D eigenvalue weighted by Crippen LogP contribution is -2.24. The molecule has 4 nitrogen and oxygen atoms in total. The Bertz CT molecular complexity index is 766. The Balaban J connectivity index is 2.32. The number of carbonyl (C=O) groups is 1. The van der Waals surface area contributed by atoms with E-state index in [0.29, 0.717) is 12.3 Å². The second-order valence-electron chi connectivity index (χ2n) is 10.6. The van der Waals surface area contributed by atoms with Gasteiger partial charge in [-0.15, -0.1) is 0 Å². The van der Waals surface area contributed by atoms with Gasteiger partial charge in [0, 0.05) is 5.92 Å². The standard InChI is InChI=1S/C29H48O4/c1-20(11-8-14-22(3)28(31)32)12-9-17-29(7,33)18-10-13-21(2)15-16-26-19-27(30)25(6)23(4)24(26)5/h11,14,19,21,25,27,30,33H,8-10,12-13,15-18H2,1-7H3,(H,31,32)/p-1/b20-11+,22-14+. The first-order chi connectivity index (χ1) is 15.3. The number of aliphatic hydroxyl groups is 2. The number of hydrogen-bond acceptors (Lipinski definition) is 4. The Morgan fingerprint density at radius 3 is 2.45 bits per heavy atom. The molecule has 0 bridgehead atoms. The van der Waals surface area contributed by atoms with Gasteiger partial charge in [0.1, 0.15) is 0 Å². The van der Waals surface area contributed by atoms with Gasteiger partial charge in [-0.25, -0.2) is 0 Å². The highest BCUT2D eigenvalue weighted by molar-refractivity contribution is 5.83. The number of hydrogen-bond donors (Lipinski definition) is 2. The molecule has 1 aliphatic rings. The molecule has 188 valence electrons. The summed E-state index contributed by atoms with van der Waals surface area (Å²) in [6, 6.07) is 0. The maximum absolute atomic E-state index is 10.8. The number of carbonyl (C=O) groups excluding carboxylic acids is 1. The molecule has 0 heterocycles. The summed E-state index contributed by atoms with van der Waals surface area (Å²) in [6.45, 7) is 14.2. The summed E-state index contributed by atoms with van der Waals surface area (Å²) >= 11 is 0. The highest BCUT2D eigenvalue weighted by atomic mass is 16.4. The van der Waals surface area contributed by atoms with Crippen LogP contribution in [-0.2, 0) is 4.79 Å². The Labute approximate surface area is 202 Å². The molecule has 0 aromatic carbocycles. The monoisotopic (exact) mass is 459 g/mol. The predicted molar refractivity (Wildman–Crippen MR) is 135 cm³/mol. The largest absolute Gasteiger partial charge is 0.545 e. The quantitative estimate of drug-likeness (QED) is 0.254. The van der Waals surface area contributed by atoms with Gasteiger partial charge in [0.15, 0.2) is 0 Å². The molecular weight excluding hydrogens is 412 g/mol. The first kappa shape index (κ1) is 29.4. The average Bonchev–Trinajstić information content (AvgIpc) is 2.73. The number of rotatable bonds is 14. The average molecular weight is 460 g/mol. The third kappa shape index (κ3) is 10.9. The van der Waals surface area contributed by atoms with Crippen molar-refractivity contribution in [2.24, 2.45) is 11.8 Å². The predicted octanol–water partition coefficient (Wildman–Crippen LogP) is 5.80. The lowest BCUT2D eigenvalue weighted by atomic mass is 9.81. The molecule has 4 unspecified atom stereocenters. The Morgan fingerprint density at radius 2 is 1.82 bits per heavy atom. The smallest absolute Gasteiger partial charge is 0.0789 e. The zero-order valence-corrected chi connectivity index (χ0v) is 22.0. The maximum Gasteiger partial charge on any atom is 0.0789 e. The molecular formula is C29H47O4-. The van der Waals surface area contributed by atoms with Crippen molar-refractivity contribution in [3.8, 4) is 0 Å². The Hall–Kier alpha value is -1.65. The van der Waals surface area contributed by atoms with Crippen molar-refractivity contribution in [1.82, 2.24) is 0 Å². The SMILES string of the molecule is CC1=C(C)C(C)C(O)C=C1CCC(C)CCCC(C)(O)CCC/C(C)=C/C/C=C(\C)C(=O)[O-]. The van der Waals surface area contributed by atoms with Gasteiger partial charge < -0.3 is 20.1 Å². The molecule has 0 spiro atoms. The van der Waals surface area contributed by atoms with E-state index in [1.165, 1.54) is 22.3 Å². The van der Waals surface area contributed by atoms with E-state index in [-0.39, 0.29) is 17.6 Å². The van der Waals surface area contributed by atoms with Gasteiger partial charge in [-0.3, -0.25) is 0 Å². The lowest BCUT2D eigenvalue weighted by molar-refractivity contribution is -0.299. The fraction of sp³-hybridized carbons (Fsp3) is 0.690. The highest BCUT2D eigenvalue weighted by Crippen LogP contribution is 2.33. The molecule has 33 heavy (non-hydrogen) atoms. The number of carboxylic acid groups (broad SMARTS) is 1. The van der Waals surface area contributed by atoms with Gasteiger partial charge in [-0.2, -0.15) is 0 Å². The molecule has 0 radical (unpaired) electrons. The number of carboxylic acids is 1. The van der Waals surface area contributed by atoms with Gasteiger partial charge in [-0.1, -0.05) is 56.1 Å². The fourth-order valence-electron chi connectivity index (χ4n) is 4.47. The van der Waals surface area contributed by atoms with Crippen LogP contribution in [0, 0.1) is 11.8 Å². The van der Waals surface area contributed by atoms with E-state index in [4.69, 9.17) is 0 Å². The first-order valence-electron chi connectivity index (χ1n) is 12.7. The number of aliphatic hydroxyl groups excluding tert-OH is 1. The van der Waals surface area contributed by atoms with Crippen molar-refractivity contribution in [2.45, 2.75) is 118 Å². The van der Waals surface area contributed by atoms with Crippen LogP contribution >= 0.6 is 0 Å². The van der Waals surface area contributed by atoms with E-state index >= 15 is 0 Å². The minimum absolute atomic E-state index is 0.211. The summed E-state index contributed by atoms with van der Waals surface area (Å²) in [6.07, 6.45) is 13.6. The highest BCUT2D eigenvalue weighted by Gasteiger charge is 2.23. The van der Waals surface area contributed by atoms with Crippen LogP contribution in [0.1, 0.15) is 106 Å². The maximum atomic E-state index is 10.8. The van der Waals surface area contributed by atoms with Gasteiger partial charge in [0.25, 0.3) is 0 Å². The van der Waals surface area contributed by atoms with E-state index in [1.807, 2.05) is 19.1 Å². The normalized spacial score (nSPS) is 22.8. The van der Waals surface area contributed by atoms with Crippen LogP contribution in [0.15, 0.2) is 46.1 Å². The van der Waals surface area contributed by atoms with Crippen LogP contribution in [0.4, 0.5) is 0 Å². The second kappa shape index (κ2) is 13.9. The summed E-state index contributed by atoms with van der Waals surface area (Å²) < 4.78 is 0. The van der Waals surface area contributed by atoms with E-state index in [9.17, 15) is 20.1 Å². The van der Waals surface area contributed by atoms with Crippen LogP contribution in [0.3, 0.4) is 0 Å². The van der Waals surface area contributed by atoms with Crippen molar-refractivity contribution in [3.63, 3.8) is 0 Å². The van der Waals surface area contributed by atoms with Crippen molar-refractivity contribution in [2.75, 3.05) is 0 Å². The molecule has 0 aromatic rings. The second-order valence-corrected chi connectivity index (χ2v) is 10.6. The molecule has 0 aliphatic heterocycles. The van der Waals surface area contributed by atoms with Crippen molar-refractivity contribution < 1.29 is 20.1 Å². The topological polar surface area (TPSA) is 80.6 Å². The molecule has 0 fully saturated rings. The zero-order valence-electron chi connectivity index (χ0n) is 22.0. The molecule has 1 aliphatic carbocycles. The molecule has 4 heteroatoms. The number of allylic oxidation sites excluding steroid dienone is 5. The van der Waals surface area contributed by atoms with Gasteiger partial charge >= 0.3 is 0 Å². The van der Waals surface area contributed by atoms with Crippen LogP contribution in [0.2, 0.25) is 0 Å². The van der Waals surface area contributed by atoms with E-state index in [2.05, 4.69) is 34.6 Å². The summed E-state index contributed by atoms with van der Waals surface area (Å²) in [7, 11) is 0. The summed E-state index contributed by atoms with van der Waals surface area (Å²) in [5, 5.41) is 31.7.